The first-order valence-corrected chi connectivity index (χ1v) is 7.61. The molecule has 3 nitrogen and oxygen atoms in total. The minimum absolute atomic E-state index is 0.0322. The monoisotopic (exact) mass is 268 g/mol. The Balaban J connectivity index is 2.45. The van der Waals surface area contributed by atoms with Gasteiger partial charge in [0.15, 0.2) is 5.78 Å². The number of ketones is 1. The van der Waals surface area contributed by atoms with Gasteiger partial charge in [0, 0.05) is 12.3 Å². The van der Waals surface area contributed by atoms with Crippen LogP contribution in [0.25, 0.3) is 0 Å². The van der Waals surface area contributed by atoms with E-state index in [1.54, 1.807) is 13.0 Å². The number of unbranched alkanes of at least 4 members (excludes halogenated alkanes) is 2. The first-order valence-electron chi connectivity index (χ1n) is 7.61. The standard InChI is InChI=1S/C16H28O3/c1-3-4-5-6-14(18)8-9-15-13(11-12(2)17)7-10-16(15)19/h8-9,12-13,15-17,19H,3-7,10-11H2,1-2H3/b9-8+/t12?,13-,15-,16-/m1/s1. The van der Waals surface area contributed by atoms with Crippen molar-refractivity contribution in [3.8, 4) is 0 Å². The number of carbonyl (C=O) groups excluding carboxylic acids is 1. The highest BCUT2D eigenvalue weighted by atomic mass is 16.3. The van der Waals surface area contributed by atoms with Gasteiger partial charge in [0.25, 0.3) is 0 Å². The van der Waals surface area contributed by atoms with Crippen molar-refractivity contribution in [3.05, 3.63) is 12.2 Å². The van der Waals surface area contributed by atoms with E-state index in [-0.39, 0.29) is 23.9 Å². The maximum absolute atomic E-state index is 11.7. The Labute approximate surface area is 116 Å². The second-order valence-electron chi connectivity index (χ2n) is 5.85. The number of hydrogen-bond acceptors (Lipinski definition) is 3. The fraction of sp³-hybridized carbons (Fsp3) is 0.812. The molecule has 0 aliphatic heterocycles. The van der Waals surface area contributed by atoms with Gasteiger partial charge in [-0.25, -0.2) is 0 Å². The van der Waals surface area contributed by atoms with E-state index in [1.807, 2.05) is 6.08 Å². The zero-order chi connectivity index (χ0) is 14.3. The van der Waals surface area contributed by atoms with Gasteiger partial charge in [-0.1, -0.05) is 25.8 Å². The number of hydrogen-bond donors (Lipinski definition) is 2. The highest BCUT2D eigenvalue weighted by Gasteiger charge is 2.33. The average Bonchev–Trinajstić information content (AvgIpc) is 2.67. The van der Waals surface area contributed by atoms with Gasteiger partial charge in [-0.15, -0.1) is 0 Å². The summed E-state index contributed by atoms with van der Waals surface area (Å²) < 4.78 is 0. The molecule has 1 aliphatic carbocycles. The second kappa shape index (κ2) is 8.49. The molecule has 0 amide bonds. The first kappa shape index (κ1) is 16.4. The van der Waals surface area contributed by atoms with Crippen molar-refractivity contribution in [3.63, 3.8) is 0 Å². The summed E-state index contributed by atoms with van der Waals surface area (Å²) in [5.74, 6) is 0.489. The molecule has 0 spiro atoms. The molecule has 1 fully saturated rings. The van der Waals surface area contributed by atoms with E-state index in [0.717, 1.165) is 32.1 Å². The van der Waals surface area contributed by atoms with Gasteiger partial charge in [-0.3, -0.25) is 4.79 Å². The molecule has 3 heteroatoms. The molecule has 0 saturated heterocycles. The third-order valence-electron chi connectivity index (χ3n) is 4.00. The lowest BCUT2D eigenvalue weighted by atomic mass is 9.89. The Kier molecular flexibility index (Phi) is 7.32. The number of aliphatic hydroxyl groups is 2. The average molecular weight is 268 g/mol. The maximum atomic E-state index is 11.7. The molecule has 1 rings (SSSR count). The Morgan fingerprint density at radius 3 is 2.74 bits per heavy atom. The molecule has 0 bridgehead atoms. The van der Waals surface area contributed by atoms with E-state index in [4.69, 9.17) is 0 Å². The molecule has 0 heterocycles. The van der Waals surface area contributed by atoms with E-state index in [0.29, 0.717) is 18.8 Å². The van der Waals surface area contributed by atoms with Crippen LogP contribution in [0.4, 0.5) is 0 Å². The molecule has 1 unspecified atom stereocenters. The fourth-order valence-electron chi connectivity index (χ4n) is 2.93. The number of allylic oxidation sites excluding steroid dienone is 1. The Hall–Kier alpha value is -0.670. The topological polar surface area (TPSA) is 57.5 Å². The third-order valence-corrected chi connectivity index (χ3v) is 4.00. The fourth-order valence-corrected chi connectivity index (χ4v) is 2.93. The van der Waals surface area contributed by atoms with Gasteiger partial charge in [0.2, 0.25) is 0 Å². The Morgan fingerprint density at radius 2 is 2.11 bits per heavy atom. The van der Waals surface area contributed by atoms with Crippen LogP contribution in [0, 0.1) is 11.8 Å². The maximum Gasteiger partial charge on any atom is 0.155 e. The summed E-state index contributed by atoms with van der Waals surface area (Å²) in [6.07, 6.45) is 9.00. The number of rotatable bonds is 8. The molecule has 1 saturated carbocycles. The molecular formula is C16H28O3. The molecule has 110 valence electrons. The van der Waals surface area contributed by atoms with Crippen LogP contribution >= 0.6 is 0 Å². The van der Waals surface area contributed by atoms with Crippen molar-refractivity contribution in [2.24, 2.45) is 11.8 Å². The van der Waals surface area contributed by atoms with Crippen LogP contribution in [-0.2, 0) is 4.79 Å². The molecule has 0 aromatic rings. The van der Waals surface area contributed by atoms with Crippen LogP contribution in [0.1, 0.15) is 58.8 Å². The van der Waals surface area contributed by atoms with Gasteiger partial charge < -0.3 is 10.2 Å². The number of aliphatic hydroxyl groups excluding tert-OH is 2. The van der Waals surface area contributed by atoms with E-state index >= 15 is 0 Å². The Bertz CT molecular complexity index is 296. The van der Waals surface area contributed by atoms with E-state index in [2.05, 4.69) is 6.92 Å². The van der Waals surface area contributed by atoms with Crippen molar-refractivity contribution in [1.29, 1.82) is 0 Å². The molecular weight excluding hydrogens is 240 g/mol. The molecule has 1 aliphatic rings. The summed E-state index contributed by atoms with van der Waals surface area (Å²) in [6, 6.07) is 0. The molecule has 2 N–H and O–H groups in total. The first-order chi connectivity index (χ1) is 9.04. The van der Waals surface area contributed by atoms with Gasteiger partial charge in [0.1, 0.15) is 0 Å². The van der Waals surface area contributed by atoms with Crippen LogP contribution in [-0.4, -0.2) is 28.2 Å². The molecule has 0 aromatic heterocycles. The molecule has 0 radical (unpaired) electrons. The molecule has 19 heavy (non-hydrogen) atoms. The van der Waals surface area contributed by atoms with Crippen molar-refractivity contribution in [2.45, 2.75) is 71.0 Å². The van der Waals surface area contributed by atoms with Crippen LogP contribution in [0.15, 0.2) is 12.2 Å². The summed E-state index contributed by atoms with van der Waals surface area (Å²) >= 11 is 0. The van der Waals surface area contributed by atoms with Crippen molar-refractivity contribution in [1.82, 2.24) is 0 Å². The van der Waals surface area contributed by atoms with Crippen LogP contribution < -0.4 is 0 Å². The summed E-state index contributed by atoms with van der Waals surface area (Å²) in [6.45, 7) is 3.90. The van der Waals surface area contributed by atoms with Gasteiger partial charge in [-0.2, -0.15) is 0 Å². The minimum atomic E-state index is -0.358. The van der Waals surface area contributed by atoms with Crippen molar-refractivity contribution >= 4 is 5.78 Å². The van der Waals surface area contributed by atoms with Gasteiger partial charge in [-0.05, 0) is 44.6 Å². The quantitative estimate of drug-likeness (QED) is 0.526. The lowest BCUT2D eigenvalue weighted by Crippen LogP contribution is -2.20. The van der Waals surface area contributed by atoms with Crippen LogP contribution in [0.5, 0.6) is 0 Å². The summed E-state index contributed by atoms with van der Waals surface area (Å²) in [5.41, 5.74) is 0. The van der Waals surface area contributed by atoms with Gasteiger partial charge >= 0.3 is 0 Å². The lowest BCUT2D eigenvalue weighted by Gasteiger charge is -2.19. The molecule has 0 aromatic carbocycles. The van der Waals surface area contributed by atoms with Crippen molar-refractivity contribution in [2.75, 3.05) is 0 Å². The van der Waals surface area contributed by atoms with E-state index in [1.165, 1.54) is 0 Å². The minimum Gasteiger partial charge on any atom is -0.393 e. The summed E-state index contributed by atoms with van der Waals surface area (Å²) in [5, 5.41) is 19.4. The zero-order valence-corrected chi connectivity index (χ0v) is 12.2. The zero-order valence-electron chi connectivity index (χ0n) is 12.2. The summed E-state index contributed by atoms with van der Waals surface area (Å²) in [4.78, 5) is 11.7. The van der Waals surface area contributed by atoms with Crippen LogP contribution in [0.2, 0.25) is 0 Å². The highest BCUT2D eigenvalue weighted by molar-refractivity contribution is 5.89. The normalized spacial score (nSPS) is 28.9. The number of carbonyl (C=O) groups is 1. The van der Waals surface area contributed by atoms with E-state index in [9.17, 15) is 15.0 Å². The SMILES string of the molecule is CCCCCC(=O)/C=C/[C@@H]1[C@@H](CC(C)O)CC[C@H]1O. The Morgan fingerprint density at radius 1 is 1.37 bits per heavy atom. The predicted octanol–water partition coefficient (Wildman–Crippen LogP) is 2.85. The third kappa shape index (κ3) is 5.87. The second-order valence-corrected chi connectivity index (χ2v) is 5.85. The lowest BCUT2D eigenvalue weighted by molar-refractivity contribution is -0.114. The largest absolute Gasteiger partial charge is 0.393 e. The molecule has 4 atom stereocenters. The highest BCUT2D eigenvalue weighted by Crippen LogP contribution is 2.36. The summed E-state index contributed by atoms with van der Waals surface area (Å²) in [7, 11) is 0. The predicted molar refractivity (Wildman–Crippen MR) is 76.8 cm³/mol. The van der Waals surface area contributed by atoms with E-state index < -0.39 is 0 Å². The van der Waals surface area contributed by atoms with Crippen LogP contribution in [0.3, 0.4) is 0 Å². The van der Waals surface area contributed by atoms with Crippen molar-refractivity contribution < 1.29 is 15.0 Å². The van der Waals surface area contributed by atoms with Gasteiger partial charge in [0.05, 0.1) is 12.2 Å². The smallest absolute Gasteiger partial charge is 0.155 e.